The molecule has 2 fully saturated rings. The number of likely N-dealkylation sites (tertiary alicyclic amines) is 1. The Bertz CT molecular complexity index is 1040. The zero-order chi connectivity index (χ0) is 22.5. The highest BCUT2D eigenvalue weighted by atomic mass is 16.6. The van der Waals surface area contributed by atoms with Crippen LogP contribution in [0.2, 0.25) is 0 Å². The fraction of sp³-hybridized carbons (Fsp3) is 0.400. The molecule has 1 unspecified atom stereocenters. The second-order valence-electron chi connectivity index (χ2n) is 9.07. The number of methoxy groups -OCH3 is 1. The summed E-state index contributed by atoms with van der Waals surface area (Å²) >= 11 is 0. The van der Waals surface area contributed by atoms with Crippen molar-refractivity contribution in [2.75, 3.05) is 26.8 Å². The number of rotatable bonds is 4. The second kappa shape index (κ2) is 7.65. The predicted octanol–water partition coefficient (Wildman–Crippen LogP) is 3.52. The SMILES string of the molecule is COC(=O)C1CC2(C1)CN(C(=O)OCC1c3ccccc3-c3ccccc31)CC2C(=O)O. The largest absolute Gasteiger partial charge is 0.481 e. The first-order chi connectivity index (χ1) is 15.4. The monoisotopic (exact) mass is 435 g/mol. The maximum absolute atomic E-state index is 12.9. The highest BCUT2D eigenvalue weighted by Crippen LogP contribution is 2.55. The number of ether oxygens (including phenoxy) is 2. The van der Waals surface area contributed by atoms with Crippen LogP contribution in [0.25, 0.3) is 11.1 Å². The van der Waals surface area contributed by atoms with E-state index in [1.807, 2.05) is 24.3 Å². The number of hydrogen-bond donors (Lipinski definition) is 1. The fourth-order valence-electron chi connectivity index (χ4n) is 5.80. The summed E-state index contributed by atoms with van der Waals surface area (Å²) in [4.78, 5) is 38.1. The second-order valence-corrected chi connectivity index (χ2v) is 9.07. The van der Waals surface area contributed by atoms with E-state index in [0.29, 0.717) is 12.8 Å². The van der Waals surface area contributed by atoms with Crippen LogP contribution in [0.3, 0.4) is 0 Å². The standard InChI is InChI=1S/C25H25NO6/c1-31-23(29)15-10-25(11-15)14-26(12-21(25)22(27)28)24(30)32-13-20-18-8-4-2-6-16(18)17-7-3-5-9-19(17)20/h2-9,15,20-21H,10-14H2,1H3,(H,27,28). The van der Waals surface area contributed by atoms with E-state index in [1.54, 1.807) is 0 Å². The Morgan fingerprint density at radius 2 is 1.62 bits per heavy atom. The molecule has 1 saturated carbocycles. The lowest BCUT2D eigenvalue weighted by atomic mass is 9.57. The summed E-state index contributed by atoms with van der Waals surface area (Å²) in [5.74, 6) is -2.32. The highest BCUT2D eigenvalue weighted by Gasteiger charge is 2.60. The molecule has 5 rings (SSSR count). The summed E-state index contributed by atoms with van der Waals surface area (Å²) < 4.78 is 10.5. The third-order valence-electron chi connectivity index (χ3n) is 7.38. The van der Waals surface area contributed by atoms with Gasteiger partial charge in [-0.3, -0.25) is 9.59 Å². The lowest BCUT2D eigenvalue weighted by Gasteiger charge is -2.45. The maximum Gasteiger partial charge on any atom is 0.409 e. The molecule has 2 aromatic carbocycles. The molecule has 1 amide bonds. The Morgan fingerprint density at radius 3 is 2.19 bits per heavy atom. The van der Waals surface area contributed by atoms with E-state index in [4.69, 9.17) is 9.47 Å². The molecule has 2 aliphatic carbocycles. The first kappa shape index (κ1) is 20.5. The summed E-state index contributed by atoms with van der Waals surface area (Å²) in [6.07, 6.45) is 0.338. The van der Waals surface area contributed by atoms with E-state index < -0.39 is 23.4 Å². The van der Waals surface area contributed by atoms with E-state index in [0.717, 1.165) is 22.3 Å². The molecule has 1 spiro atoms. The number of esters is 1. The van der Waals surface area contributed by atoms with E-state index in [1.165, 1.54) is 12.0 Å². The minimum Gasteiger partial charge on any atom is -0.481 e. The number of carbonyl (C=O) groups excluding carboxylic acids is 2. The first-order valence-corrected chi connectivity index (χ1v) is 10.8. The van der Waals surface area contributed by atoms with Crippen LogP contribution in [0.15, 0.2) is 48.5 Å². The molecule has 2 aromatic rings. The van der Waals surface area contributed by atoms with Crippen LogP contribution >= 0.6 is 0 Å². The van der Waals surface area contributed by atoms with Crippen LogP contribution in [-0.2, 0) is 19.1 Å². The molecule has 0 bridgehead atoms. The van der Waals surface area contributed by atoms with Gasteiger partial charge in [0.05, 0.1) is 18.9 Å². The van der Waals surface area contributed by atoms with E-state index in [9.17, 15) is 19.5 Å². The van der Waals surface area contributed by atoms with E-state index in [2.05, 4.69) is 24.3 Å². The minimum atomic E-state index is -0.942. The quantitative estimate of drug-likeness (QED) is 0.739. The Kier molecular flexibility index (Phi) is 4.92. The predicted molar refractivity (Wildman–Crippen MR) is 115 cm³/mol. The maximum atomic E-state index is 12.9. The van der Waals surface area contributed by atoms with Crippen molar-refractivity contribution in [2.24, 2.45) is 17.3 Å². The number of amides is 1. The van der Waals surface area contributed by atoms with Gasteiger partial charge in [0.2, 0.25) is 0 Å². The van der Waals surface area contributed by atoms with Crippen molar-refractivity contribution in [2.45, 2.75) is 18.8 Å². The highest BCUT2D eigenvalue weighted by molar-refractivity contribution is 5.80. The number of fused-ring (bicyclic) bond motifs is 3. The third-order valence-corrected chi connectivity index (χ3v) is 7.38. The van der Waals surface area contributed by atoms with Crippen molar-refractivity contribution in [3.63, 3.8) is 0 Å². The Labute approximate surface area is 185 Å². The van der Waals surface area contributed by atoms with Gasteiger partial charge in [-0.25, -0.2) is 4.79 Å². The van der Waals surface area contributed by atoms with Crippen LogP contribution < -0.4 is 0 Å². The average Bonchev–Trinajstić information content (AvgIpc) is 3.33. The molecule has 1 atom stereocenters. The van der Waals surface area contributed by atoms with E-state index >= 15 is 0 Å². The Hall–Kier alpha value is -3.35. The zero-order valence-electron chi connectivity index (χ0n) is 17.8. The van der Waals surface area contributed by atoms with Crippen LogP contribution in [0.1, 0.15) is 29.9 Å². The molecule has 1 N–H and O–H groups in total. The van der Waals surface area contributed by atoms with Gasteiger partial charge >= 0.3 is 18.0 Å². The van der Waals surface area contributed by atoms with Crippen LogP contribution in [-0.4, -0.2) is 54.8 Å². The van der Waals surface area contributed by atoms with Gasteiger partial charge in [0.1, 0.15) is 6.61 Å². The van der Waals surface area contributed by atoms with Gasteiger partial charge in [0.15, 0.2) is 0 Å². The number of carbonyl (C=O) groups is 3. The van der Waals surface area contributed by atoms with Crippen molar-refractivity contribution < 1.29 is 29.0 Å². The molecular formula is C25H25NO6. The van der Waals surface area contributed by atoms with Gasteiger partial charge in [0, 0.05) is 24.4 Å². The van der Waals surface area contributed by atoms with Gasteiger partial charge in [0.25, 0.3) is 0 Å². The molecular weight excluding hydrogens is 410 g/mol. The van der Waals surface area contributed by atoms with Crippen LogP contribution in [0, 0.1) is 17.3 Å². The van der Waals surface area contributed by atoms with Gasteiger partial charge in [-0.2, -0.15) is 0 Å². The molecule has 1 aliphatic heterocycles. The topological polar surface area (TPSA) is 93.1 Å². The summed E-state index contributed by atoms with van der Waals surface area (Å²) in [7, 11) is 1.33. The summed E-state index contributed by atoms with van der Waals surface area (Å²) in [6, 6.07) is 16.2. The molecule has 7 heteroatoms. The number of aliphatic carboxylic acids is 1. The van der Waals surface area contributed by atoms with Crippen molar-refractivity contribution in [1.82, 2.24) is 4.90 Å². The van der Waals surface area contributed by atoms with Gasteiger partial charge < -0.3 is 19.5 Å². The molecule has 1 saturated heterocycles. The molecule has 32 heavy (non-hydrogen) atoms. The fourth-order valence-corrected chi connectivity index (χ4v) is 5.80. The average molecular weight is 435 g/mol. The molecule has 166 valence electrons. The van der Waals surface area contributed by atoms with Crippen molar-refractivity contribution in [3.05, 3.63) is 59.7 Å². The number of carboxylic acid groups (broad SMARTS) is 1. The molecule has 0 aromatic heterocycles. The van der Waals surface area contributed by atoms with Crippen molar-refractivity contribution in [3.8, 4) is 11.1 Å². The molecule has 0 radical (unpaired) electrons. The van der Waals surface area contributed by atoms with Crippen LogP contribution in [0.4, 0.5) is 4.79 Å². The number of nitrogens with zero attached hydrogens (tertiary/aromatic N) is 1. The number of benzene rings is 2. The number of hydrogen-bond acceptors (Lipinski definition) is 5. The third kappa shape index (κ3) is 3.15. The minimum absolute atomic E-state index is 0.0504. The lowest BCUT2D eigenvalue weighted by Crippen LogP contribution is -2.49. The summed E-state index contributed by atoms with van der Waals surface area (Å²) in [5, 5.41) is 9.72. The van der Waals surface area contributed by atoms with Gasteiger partial charge in [-0.05, 0) is 35.1 Å². The molecule has 1 heterocycles. The van der Waals surface area contributed by atoms with Gasteiger partial charge in [-0.15, -0.1) is 0 Å². The summed E-state index contributed by atoms with van der Waals surface area (Å²) in [6.45, 7) is 0.576. The molecule has 7 nitrogen and oxygen atoms in total. The summed E-state index contributed by atoms with van der Waals surface area (Å²) in [5.41, 5.74) is 3.97. The first-order valence-electron chi connectivity index (χ1n) is 10.8. The van der Waals surface area contributed by atoms with E-state index in [-0.39, 0.29) is 37.5 Å². The normalized spacial score (nSPS) is 25.7. The molecule has 3 aliphatic rings. The zero-order valence-corrected chi connectivity index (χ0v) is 17.8. The smallest absolute Gasteiger partial charge is 0.409 e. The van der Waals surface area contributed by atoms with Crippen molar-refractivity contribution in [1.29, 1.82) is 0 Å². The van der Waals surface area contributed by atoms with Crippen molar-refractivity contribution >= 4 is 18.0 Å². The van der Waals surface area contributed by atoms with Crippen LogP contribution in [0.5, 0.6) is 0 Å². The number of carboxylic acids is 1. The Morgan fingerprint density at radius 1 is 1.03 bits per heavy atom. The lowest BCUT2D eigenvalue weighted by molar-refractivity contribution is -0.161. The Balaban J connectivity index is 1.28. The van der Waals surface area contributed by atoms with Gasteiger partial charge in [-0.1, -0.05) is 48.5 Å².